The molecule has 2 aromatic carbocycles. The second kappa shape index (κ2) is 7.31. The van der Waals surface area contributed by atoms with Crippen LogP contribution < -0.4 is 11.1 Å². The molecule has 8 heteroatoms. The zero-order valence-electron chi connectivity index (χ0n) is 14.0. The van der Waals surface area contributed by atoms with E-state index in [1.54, 1.807) is 23.7 Å². The van der Waals surface area contributed by atoms with Crippen molar-refractivity contribution in [2.75, 3.05) is 11.1 Å². The number of carbonyl (C=O) groups excluding carboxylic acids is 1. The number of nitrogen functional groups attached to an aromatic ring is 1. The quantitative estimate of drug-likeness (QED) is 0.522. The predicted molar refractivity (Wildman–Crippen MR) is 110 cm³/mol. The van der Waals surface area contributed by atoms with Gasteiger partial charge in [0.05, 0.1) is 38.4 Å². The first-order chi connectivity index (χ1) is 12.3. The smallest absolute Gasteiger partial charge is 0.259 e. The van der Waals surface area contributed by atoms with Gasteiger partial charge in [-0.15, -0.1) is 0 Å². The third-order valence-electron chi connectivity index (χ3n) is 3.93. The number of amides is 1. The Hall–Kier alpha value is -2.02. The minimum absolute atomic E-state index is 0.279. The molecule has 0 aliphatic carbocycles. The van der Waals surface area contributed by atoms with Crippen molar-refractivity contribution in [2.45, 2.75) is 13.8 Å². The lowest BCUT2D eigenvalue weighted by molar-refractivity contribution is 0.102. The van der Waals surface area contributed by atoms with Crippen molar-refractivity contribution in [3.8, 4) is 5.69 Å². The van der Waals surface area contributed by atoms with Gasteiger partial charge in [-0.25, -0.2) is 4.68 Å². The van der Waals surface area contributed by atoms with E-state index in [0.29, 0.717) is 16.9 Å². The molecule has 0 atom stereocenters. The van der Waals surface area contributed by atoms with Gasteiger partial charge in [-0.2, -0.15) is 5.10 Å². The van der Waals surface area contributed by atoms with Crippen LogP contribution >= 0.6 is 39.1 Å². The molecule has 1 aromatic heterocycles. The zero-order valence-corrected chi connectivity index (χ0v) is 17.1. The van der Waals surface area contributed by atoms with Crippen molar-refractivity contribution in [1.29, 1.82) is 0 Å². The fourth-order valence-corrected chi connectivity index (χ4v) is 3.41. The van der Waals surface area contributed by atoms with Crippen LogP contribution in [0.3, 0.4) is 0 Å². The fourth-order valence-electron chi connectivity index (χ4n) is 2.66. The van der Waals surface area contributed by atoms with Crippen LogP contribution in [0.5, 0.6) is 0 Å². The number of anilines is 2. The number of aryl methyl sites for hydroxylation is 1. The van der Waals surface area contributed by atoms with Gasteiger partial charge in [0.1, 0.15) is 0 Å². The van der Waals surface area contributed by atoms with Gasteiger partial charge in [-0.1, -0.05) is 39.1 Å². The maximum absolute atomic E-state index is 12.8. The van der Waals surface area contributed by atoms with Crippen molar-refractivity contribution >= 4 is 56.4 Å². The van der Waals surface area contributed by atoms with Crippen LogP contribution in [0, 0.1) is 13.8 Å². The van der Waals surface area contributed by atoms with Crippen LogP contribution in [0.2, 0.25) is 10.0 Å². The van der Waals surface area contributed by atoms with E-state index < -0.39 is 0 Å². The third-order valence-corrected chi connectivity index (χ3v) is 5.08. The molecule has 0 saturated heterocycles. The molecule has 26 heavy (non-hydrogen) atoms. The number of nitrogens with zero attached hydrogens (tertiary/aromatic N) is 2. The number of nitrogens with one attached hydrogen (secondary N) is 1. The summed E-state index contributed by atoms with van der Waals surface area (Å²) in [5.41, 5.74) is 9.19. The van der Waals surface area contributed by atoms with Crippen molar-refractivity contribution in [2.24, 2.45) is 0 Å². The Bertz CT molecular complexity index is 976. The lowest BCUT2D eigenvalue weighted by atomic mass is 10.1. The lowest BCUT2D eigenvalue weighted by Gasteiger charge is -2.09. The van der Waals surface area contributed by atoms with E-state index >= 15 is 0 Å². The molecule has 0 aliphatic rings. The van der Waals surface area contributed by atoms with Crippen molar-refractivity contribution in [3.63, 3.8) is 0 Å². The van der Waals surface area contributed by atoms with Gasteiger partial charge in [0.25, 0.3) is 5.91 Å². The highest BCUT2D eigenvalue weighted by atomic mass is 79.9. The molecule has 1 amide bonds. The Morgan fingerprint density at radius 1 is 1.15 bits per heavy atom. The van der Waals surface area contributed by atoms with Crippen LogP contribution in [-0.4, -0.2) is 15.7 Å². The predicted octanol–water partition coefficient (Wildman–Crippen LogP) is 5.39. The van der Waals surface area contributed by atoms with Crippen LogP contribution in [-0.2, 0) is 0 Å². The number of hydrogen-bond donors (Lipinski definition) is 2. The summed E-state index contributed by atoms with van der Waals surface area (Å²) in [5.74, 6) is -0.291. The molecule has 0 fully saturated rings. The molecule has 3 aromatic rings. The summed E-state index contributed by atoms with van der Waals surface area (Å²) in [6, 6.07) is 10.8. The lowest BCUT2D eigenvalue weighted by Crippen LogP contribution is -2.14. The number of benzene rings is 2. The van der Waals surface area contributed by atoms with E-state index in [1.807, 2.05) is 31.2 Å². The Morgan fingerprint density at radius 2 is 1.73 bits per heavy atom. The Morgan fingerprint density at radius 3 is 2.31 bits per heavy atom. The van der Waals surface area contributed by atoms with Crippen LogP contribution in [0.4, 0.5) is 11.4 Å². The Kier molecular flexibility index (Phi) is 5.27. The first-order valence-corrected chi connectivity index (χ1v) is 9.21. The molecule has 0 saturated carbocycles. The van der Waals surface area contributed by atoms with Gasteiger partial charge >= 0.3 is 0 Å². The highest BCUT2D eigenvalue weighted by Gasteiger charge is 2.20. The standard InChI is InChI=1S/C18H15BrCl2N4O/c1-9-16(10(2)25(24-9)13-5-3-11(19)4-6-13)18(26)23-12-7-14(20)17(22)15(21)8-12/h3-8H,22H2,1-2H3,(H,23,26). The molecule has 0 radical (unpaired) electrons. The largest absolute Gasteiger partial charge is 0.396 e. The van der Waals surface area contributed by atoms with E-state index in [-0.39, 0.29) is 21.6 Å². The molecule has 0 aliphatic heterocycles. The van der Waals surface area contributed by atoms with Crippen molar-refractivity contribution in [1.82, 2.24) is 9.78 Å². The van der Waals surface area contributed by atoms with Gasteiger partial charge in [-0.05, 0) is 50.2 Å². The second-order valence-electron chi connectivity index (χ2n) is 5.74. The summed E-state index contributed by atoms with van der Waals surface area (Å²) >= 11 is 15.5. The Labute approximate surface area is 169 Å². The first kappa shape index (κ1) is 18.8. The average Bonchev–Trinajstić information content (AvgIpc) is 2.88. The summed E-state index contributed by atoms with van der Waals surface area (Å²) in [5, 5.41) is 7.86. The molecule has 134 valence electrons. The van der Waals surface area contributed by atoms with E-state index in [4.69, 9.17) is 28.9 Å². The molecule has 0 bridgehead atoms. The summed E-state index contributed by atoms with van der Waals surface area (Å²) in [4.78, 5) is 12.8. The monoisotopic (exact) mass is 452 g/mol. The summed E-state index contributed by atoms with van der Waals surface area (Å²) in [7, 11) is 0. The molecule has 0 unspecified atom stereocenters. The topological polar surface area (TPSA) is 72.9 Å². The second-order valence-corrected chi connectivity index (χ2v) is 7.47. The van der Waals surface area contributed by atoms with Gasteiger partial charge in [0.15, 0.2) is 0 Å². The maximum Gasteiger partial charge on any atom is 0.259 e. The van der Waals surface area contributed by atoms with E-state index in [1.165, 1.54) is 0 Å². The number of hydrogen-bond acceptors (Lipinski definition) is 3. The Balaban J connectivity index is 1.94. The van der Waals surface area contributed by atoms with E-state index in [2.05, 4.69) is 26.3 Å². The number of halogens is 3. The van der Waals surface area contributed by atoms with Gasteiger partial charge in [-0.3, -0.25) is 4.79 Å². The molecule has 1 heterocycles. The molecule has 5 nitrogen and oxygen atoms in total. The van der Waals surface area contributed by atoms with Crippen LogP contribution in [0.25, 0.3) is 5.69 Å². The fraction of sp³-hybridized carbons (Fsp3) is 0.111. The minimum Gasteiger partial charge on any atom is -0.396 e. The molecular formula is C18H15BrCl2N4O. The summed E-state index contributed by atoms with van der Waals surface area (Å²) in [6.07, 6.45) is 0. The number of nitrogens with two attached hydrogens (primary N) is 1. The van der Waals surface area contributed by atoms with Crippen LogP contribution in [0.15, 0.2) is 40.9 Å². The van der Waals surface area contributed by atoms with Gasteiger partial charge in [0, 0.05) is 10.2 Å². The highest BCUT2D eigenvalue weighted by Crippen LogP contribution is 2.31. The number of rotatable bonds is 3. The van der Waals surface area contributed by atoms with Crippen LogP contribution in [0.1, 0.15) is 21.7 Å². The minimum atomic E-state index is -0.291. The third kappa shape index (κ3) is 3.58. The zero-order chi connectivity index (χ0) is 19.0. The first-order valence-electron chi connectivity index (χ1n) is 7.66. The average molecular weight is 454 g/mol. The van der Waals surface area contributed by atoms with Gasteiger partial charge in [0.2, 0.25) is 0 Å². The van der Waals surface area contributed by atoms with Crippen molar-refractivity contribution < 1.29 is 4.79 Å². The molecule has 3 N–H and O–H groups in total. The summed E-state index contributed by atoms with van der Waals surface area (Å²) in [6.45, 7) is 3.64. The number of aromatic nitrogens is 2. The molecular weight excluding hydrogens is 439 g/mol. The maximum atomic E-state index is 12.8. The SMILES string of the molecule is Cc1nn(-c2ccc(Br)cc2)c(C)c1C(=O)Nc1cc(Cl)c(N)c(Cl)c1. The normalized spacial score (nSPS) is 10.8. The summed E-state index contributed by atoms with van der Waals surface area (Å²) < 4.78 is 2.71. The highest BCUT2D eigenvalue weighted by molar-refractivity contribution is 9.10. The van der Waals surface area contributed by atoms with Crippen molar-refractivity contribution in [3.05, 3.63) is 67.9 Å². The number of carbonyl (C=O) groups is 1. The molecule has 0 spiro atoms. The van der Waals surface area contributed by atoms with E-state index in [0.717, 1.165) is 15.9 Å². The van der Waals surface area contributed by atoms with Gasteiger partial charge < -0.3 is 11.1 Å². The van der Waals surface area contributed by atoms with E-state index in [9.17, 15) is 4.79 Å². The molecule has 3 rings (SSSR count).